The second kappa shape index (κ2) is 7.12. The Labute approximate surface area is 124 Å². The summed E-state index contributed by atoms with van der Waals surface area (Å²) in [5.41, 5.74) is 1.15. The first-order valence-corrected chi connectivity index (χ1v) is 7.09. The fourth-order valence-electron chi connectivity index (χ4n) is 2.41. The number of piperidine rings is 1. The fourth-order valence-corrected chi connectivity index (χ4v) is 2.41. The van der Waals surface area contributed by atoms with Gasteiger partial charge in [0.05, 0.1) is 18.4 Å². The Morgan fingerprint density at radius 2 is 2.19 bits per heavy atom. The van der Waals surface area contributed by atoms with E-state index < -0.39 is 5.91 Å². The lowest BCUT2D eigenvalue weighted by atomic mass is 9.95. The van der Waals surface area contributed by atoms with Crippen LogP contribution in [0.1, 0.15) is 34.9 Å². The minimum absolute atomic E-state index is 0.0633. The first-order valence-electron chi connectivity index (χ1n) is 7.09. The van der Waals surface area contributed by atoms with Gasteiger partial charge in [-0.1, -0.05) is 0 Å². The highest BCUT2D eigenvalue weighted by Gasteiger charge is 2.20. The van der Waals surface area contributed by atoms with Gasteiger partial charge in [-0.25, -0.2) is 4.98 Å². The summed E-state index contributed by atoms with van der Waals surface area (Å²) in [5, 5.41) is 4.93. The quantitative estimate of drug-likeness (QED) is 0.799. The number of rotatable bonds is 4. The Bertz CT molecular complexity index is 503. The first kappa shape index (κ1) is 15.4. The van der Waals surface area contributed by atoms with E-state index in [2.05, 4.69) is 32.5 Å². The van der Waals surface area contributed by atoms with Crippen LogP contribution in [0.4, 0.5) is 0 Å². The number of likely N-dealkylation sites (tertiary alicyclic amines) is 1. The lowest BCUT2D eigenvalue weighted by Crippen LogP contribution is -2.35. The number of hydrogen-bond donors (Lipinski definition) is 2. The average Bonchev–Trinajstić information content (AvgIpc) is 2.52. The highest BCUT2D eigenvalue weighted by Crippen LogP contribution is 2.23. The molecule has 7 heteroatoms. The summed E-state index contributed by atoms with van der Waals surface area (Å²) in [5.74, 6) is -0.268. The minimum Gasteiger partial charge on any atom is -0.358 e. The summed E-state index contributed by atoms with van der Waals surface area (Å²) in [6.07, 6.45) is 5.39. The van der Waals surface area contributed by atoms with Gasteiger partial charge in [-0.15, -0.1) is 0 Å². The van der Waals surface area contributed by atoms with E-state index in [9.17, 15) is 9.59 Å². The van der Waals surface area contributed by atoms with Crippen LogP contribution in [0.2, 0.25) is 0 Å². The third-order valence-corrected chi connectivity index (χ3v) is 3.64. The van der Waals surface area contributed by atoms with Crippen molar-refractivity contribution in [1.82, 2.24) is 25.5 Å². The summed E-state index contributed by atoms with van der Waals surface area (Å²) < 4.78 is 0. The molecule has 0 bridgehead atoms. The second-order valence-electron chi connectivity index (χ2n) is 5.28. The van der Waals surface area contributed by atoms with Crippen molar-refractivity contribution in [3.8, 4) is 0 Å². The molecule has 0 radical (unpaired) electrons. The summed E-state index contributed by atoms with van der Waals surface area (Å²) >= 11 is 0. The largest absolute Gasteiger partial charge is 0.358 e. The topological polar surface area (TPSA) is 87.2 Å². The molecular formula is C14H21N5O2. The standard InChI is InChI=1S/C14H21N5O2/c1-15-13(20)8-18-14(21)12-7-16-11(6-17-12)10-4-3-5-19(2)9-10/h6-7,10H,3-5,8-9H2,1-2H3,(H,15,20)(H,18,21). The van der Waals surface area contributed by atoms with Crippen LogP contribution in [0, 0.1) is 0 Å². The molecule has 1 saturated heterocycles. The normalized spacial score (nSPS) is 19.0. The van der Waals surface area contributed by atoms with E-state index in [4.69, 9.17) is 0 Å². The maximum absolute atomic E-state index is 11.8. The first-order chi connectivity index (χ1) is 10.1. The Morgan fingerprint density at radius 1 is 1.38 bits per heavy atom. The van der Waals surface area contributed by atoms with Crippen molar-refractivity contribution in [2.24, 2.45) is 0 Å². The van der Waals surface area contributed by atoms with Gasteiger partial charge in [-0.2, -0.15) is 0 Å². The highest BCUT2D eigenvalue weighted by atomic mass is 16.2. The Morgan fingerprint density at radius 3 is 2.81 bits per heavy atom. The summed E-state index contributed by atoms with van der Waals surface area (Å²) in [7, 11) is 3.62. The molecule has 1 aliphatic heterocycles. The molecule has 0 aromatic carbocycles. The number of aromatic nitrogens is 2. The van der Waals surface area contributed by atoms with Crippen LogP contribution in [0.15, 0.2) is 12.4 Å². The molecule has 1 aliphatic rings. The zero-order valence-corrected chi connectivity index (χ0v) is 12.4. The summed E-state index contributed by atoms with van der Waals surface area (Å²) in [6.45, 7) is 2.02. The molecule has 0 aliphatic carbocycles. The van der Waals surface area contributed by atoms with E-state index in [1.54, 1.807) is 6.20 Å². The van der Waals surface area contributed by atoms with E-state index in [-0.39, 0.29) is 18.1 Å². The Kier molecular flexibility index (Phi) is 5.21. The number of nitrogens with zero attached hydrogens (tertiary/aromatic N) is 3. The molecule has 1 atom stereocenters. The zero-order valence-electron chi connectivity index (χ0n) is 12.4. The fraction of sp³-hybridized carbons (Fsp3) is 0.571. The van der Waals surface area contributed by atoms with Crippen LogP contribution >= 0.6 is 0 Å². The van der Waals surface area contributed by atoms with Crippen LogP contribution in [0.3, 0.4) is 0 Å². The van der Waals surface area contributed by atoms with Gasteiger partial charge in [0.2, 0.25) is 5.91 Å². The molecule has 1 fully saturated rings. The minimum atomic E-state index is -0.390. The monoisotopic (exact) mass is 291 g/mol. The molecule has 21 heavy (non-hydrogen) atoms. The van der Waals surface area contributed by atoms with Crippen molar-refractivity contribution in [1.29, 1.82) is 0 Å². The molecule has 1 unspecified atom stereocenters. The van der Waals surface area contributed by atoms with Crippen LogP contribution < -0.4 is 10.6 Å². The van der Waals surface area contributed by atoms with Gasteiger partial charge in [0.15, 0.2) is 0 Å². The maximum Gasteiger partial charge on any atom is 0.271 e. The van der Waals surface area contributed by atoms with Gasteiger partial charge in [-0.05, 0) is 26.4 Å². The number of amides is 2. The third-order valence-electron chi connectivity index (χ3n) is 3.64. The zero-order chi connectivity index (χ0) is 15.2. The average molecular weight is 291 g/mol. The Hall–Kier alpha value is -2.02. The lowest BCUT2D eigenvalue weighted by Gasteiger charge is -2.29. The number of hydrogen-bond acceptors (Lipinski definition) is 5. The van der Waals surface area contributed by atoms with E-state index in [1.807, 2.05) is 0 Å². The lowest BCUT2D eigenvalue weighted by molar-refractivity contribution is -0.119. The highest BCUT2D eigenvalue weighted by molar-refractivity contribution is 5.94. The SMILES string of the molecule is CNC(=O)CNC(=O)c1cnc(C2CCCN(C)C2)cn1. The van der Waals surface area contributed by atoms with Gasteiger partial charge in [0.25, 0.3) is 5.91 Å². The van der Waals surface area contributed by atoms with Gasteiger partial charge in [0.1, 0.15) is 5.69 Å². The smallest absolute Gasteiger partial charge is 0.271 e. The van der Waals surface area contributed by atoms with Crippen molar-refractivity contribution < 1.29 is 9.59 Å². The molecule has 0 saturated carbocycles. The molecule has 2 heterocycles. The third kappa shape index (κ3) is 4.22. The van der Waals surface area contributed by atoms with Crippen LogP contribution in [0.25, 0.3) is 0 Å². The predicted octanol–water partition coefficient (Wildman–Crippen LogP) is -0.238. The molecule has 0 spiro atoms. The van der Waals surface area contributed by atoms with Crippen molar-refractivity contribution in [2.45, 2.75) is 18.8 Å². The van der Waals surface area contributed by atoms with E-state index in [0.717, 1.165) is 31.6 Å². The van der Waals surface area contributed by atoms with Crippen LogP contribution in [-0.2, 0) is 4.79 Å². The molecule has 1 aromatic heterocycles. The van der Waals surface area contributed by atoms with Crippen LogP contribution in [0.5, 0.6) is 0 Å². The van der Waals surface area contributed by atoms with Crippen molar-refractivity contribution in [2.75, 3.05) is 33.7 Å². The van der Waals surface area contributed by atoms with Crippen molar-refractivity contribution in [3.05, 3.63) is 23.8 Å². The van der Waals surface area contributed by atoms with Gasteiger partial charge < -0.3 is 15.5 Å². The van der Waals surface area contributed by atoms with Crippen LogP contribution in [-0.4, -0.2) is 60.4 Å². The molecule has 2 N–H and O–H groups in total. The van der Waals surface area contributed by atoms with E-state index >= 15 is 0 Å². The molecular weight excluding hydrogens is 270 g/mol. The predicted molar refractivity (Wildman–Crippen MR) is 77.9 cm³/mol. The summed E-state index contributed by atoms with van der Waals surface area (Å²) in [4.78, 5) is 33.7. The maximum atomic E-state index is 11.8. The number of carbonyl (C=O) groups is 2. The molecule has 2 amide bonds. The number of likely N-dealkylation sites (N-methyl/N-ethyl adjacent to an activating group) is 2. The van der Waals surface area contributed by atoms with Gasteiger partial charge in [0, 0.05) is 25.7 Å². The van der Waals surface area contributed by atoms with Crippen molar-refractivity contribution in [3.63, 3.8) is 0 Å². The molecule has 7 nitrogen and oxygen atoms in total. The van der Waals surface area contributed by atoms with Gasteiger partial charge >= 0.3 is 0 Å². The molecule has 2 rings (SSSR count). The van der Waals surface area contributed by atoms with E-state index in [1.165, 1.54) is 13.2 Å². The second-order valence-corrected chi connectivity index (χ2v) is 5.28. The van der Waals surface area contributed by atoms with Crippen molar-refractivity contribution >= 4 is 11.8 Å². The van der Waals surface area contributed by atoms with E-state index in [0.29, 0.717) is 5.92 Å². The van der Waals surface area contributed by atoms with Gasteiger partial charge in [-0.3, -0.25) is 14.6 Å². The molecule has 114 valence electrons. The number of carbonyl (C=O) groups excluding carboxylic acids is 2. The molecule has 1 aromatic rings. The number of nitrogens with one attached hydrogen (secondary N) is 2. The summed E-state index contributed by atoms with van der Waals surface area (Å²) in [6, 6.07) is 0. The Balaban J connectivity index is 1.95.